The molecule has 0 saturated heterocycles. The first-order valence-corrected chi connectivity index (χ1v) is 10.7. The van der Waals surface area contributed by atoms with Crippen molar-refractivity contribution in [3.63, 3.8) is 0 Å². The molecule has 0 radical (unpaired) electrons. The summed E-state index contributed by atoms with van der Waals surface area (Å²) in [5, 5.41) is 0. The molecular weight excluding hydrogens is 300 g/mol. The van der Waals surface area contributed by atoms with E-state index in [0.29, 0.717) is 11.8 Å². The van der Waals surface area contributed by atoms with Gasteiger partial charge in [-0.15, -0.1) is 6.58 Å². The van der Waals surface area contributed by atoms with Crippen LogP contribution in [0, 0.1) is 23.7 Å². The summed E-state index contributed by atoms with van der Waals surface area (Å²) >= 11 is 0. The van der Waals surface area contributed by atoms with Gasteiger partial charge < -0.3 is 0 Å². The van der Waals surface area contributed by atoms with Crippen molar-refractivity contribution >= 4 is 0 Å². The minimum Gasteiger partial charge on any atom is -0.103 e. The second kappa shape index (κ2) is 14.4. The van der Waals surface area contributed by atoms with Crippen molar-refractivity contribution in [1.29, 1.82) is 0 Å². The summed E-state index contributed by atoms with van der Waals surface area (Å²) in [6.07, 6.45) is 17.4. The van der Waals surface area contributed by atoms with Crippen molar-refractivity contribution in [2.75, 3.05) is 0 Å². The third-order valence-corrected chi connectivity index (χ3v) is 5.33. The van der Waals surface area contributed by atoms with E-state index in [1.165, 1.54) is 51.4 Å². The third kappa shape index (κ3) is 14.1. The quantitative estimate of drug-likeness (QED) is 0.276. The molecule has 0 saturated carbocycles. The molecule has 146 valence electrons. The van der Waals surface area contributed by atoms with Gasteiger partial charge in [-0.25, -0.2) is 0 Å². The smallest absolute Gasteiger partial charge is 0.0171 e. The van der Waals surface area contributed by atoms with Crippen LogP contribution in [0.1, 0.15) is 99.8 Å². The molecule has 0 aliphatic heterocycles. The van der Waals surface area contributed by atoms with E-state index in [1.807, 2.05) is 0 Å². The maximum atomic E-state index is 3.95. The van der Waals surface area contributed by atoms with Crippen molar-refractivity contribution in [3.05, 3.63) is 36.0 Å². The Balaban J connectivity index is 4.67. The minimum absolute atomic E-state index is 0.627. The van der Waals surface area contributed by atoms with Crippen molar-refractivity contribution in [2.24, 2.45) is 23.7 Å². The molecule has 0 N–H and O–H groups in total. The van der Waals surface area contributed by atoms with Gasteiger partial charge in [-0.3, -0.25) is 0 Å². The van der Waals surface area contributed by atoms with E-state index >= 15 is 0 Å². The summed E-state index contributed by atoms with van der Waals surface area (Å²) in [5.41, 5.74) is 3.18. The highest BCUT2D eigenvalue weighted by Crippen LogP contribution is 2.26. The predicted octanol–water partition coefficient (Wildman–Crippen LogP) is 8.75. The first-order valence-electron chi connectivity index (χ1n) is 10.7. The lowest BCUT2D eigenvalue weighted by atomic mass is 9.87. The van der Waals surface area contributed by atoms with E-state index in [1.54, 1.807) is 11.1 Å². The number of rotatable bonds is 14. The van der Waals surface area contributed by atoms with Crippen LogP contribution in [0.4, 0.5) is 0 Å². The minimum atomic E-state index is 0.627. The molecule has 0 bridgehead atoms. The van der Waals surface area contributed by atoms with Gasteiger partial charge in [-0.05, 0) is 82.5 Å². The molecule has 0 aliphatic rings. The molecule has 0 aliphatic carbocycles. The van der Waals surface area contributed by atoms with Crippen LogP contribution in [0.3, 0.4) is 0 Å². The fourth-order valence-electron chi connectivity index (χ4n) is 3.16. The van der Waals surface area contributed by atoms with Gasteiger partial charge in [0.25, 0.3) is 0 Å². The van der Waals surface area contributed by atoms with E-state index in [4.69, 9.17) is 0 Å². The molecule has 0 spiro atoms. The Morgan fingerprint density at radius 3 is 2.04 bits per heavy atom. The van der Waals surface area contributed by atoms with Crippen LogP contribution in [-0.4, -0.2) is 0 Å². The first-order chi connectivity index (χ1) is 11.8. The fourth-order valence-corrected chi connectivity index (χ4v) is 3.16. The van der Waals surface area contributed by atoms with Crippen LogP contribution in [0.5, 0.6) is 0 Å². The summed E-state index contributed by atoms with van der Waals surface area (Å²) in [6, 6.07) is 0. The normalized spacial score (nSPS) is 15.7. The monoisotopic (exact) mass is 346 g/mol. The topological polar surface area (TPSA) is 0 Å². The maximum absolute atomic E-state index is 3.95. The predicted molar refractivity (Wildman–Crippen MR) is 117 cm³/mol. The Morgan fingerprint density at radius 2 is 1.48 bits per heavy atom. The third-order valence-electron chi connectivity index (χ3n) is 5.33. The Labute approximate surface area is 159 Å². The van der Waals surface area contributed by atoms with Crippen molar-refractivity contribution in [3.8, 4) is 0 Å². The van der Waals surface area contributed by atoms with Crippen molar-refractivity contribution < 1.29 is 0 Å². The SMILES string of the molecule is C=CC(C)CCC(CC=C(C)CCCC(C)C)C(C)=CCCC(C)C. The Hall–Kier alpha value is -0.780. The molecule has 0 fully saturated rings. The van der Waals surface area contributed by atoms with Crippen molar-refractivity contribution in [2.45, 2.75) is 99.8 Å². The maximum Gasteiger partial charge on any atom is -0.0171 e. The van der Waals surface area contributed by atoms with Gasteiger partial charge >= 0.3 is 0 Å². The molecule has 0 aromatic rings. The van der Waals surface area contributed by atoms with Gasteiger partial charge in [0.15, 0.2) is 0 Å². The van der Waals surface area contributed by atoms with E-state index in [-0.39, 0.29) is 0 Å². The molecular formula is C25H46. The van der Waals surface area contributed by atoms with E-state index < -0.39 is 0 Å². The summed E-state index contributed by atoms with van der Waals surface area (Å²) in [4.78, 5) is 0. The van der Waals surface area contributed by atoms with Crippen LogP contribution < -0.4 is 0 Å². The summed E-state index contributed by atoms with van der Waals surface area (Å²) in [7, 11) is 0. The average molecular weight is 347 g/mol. The summed E-state index contributed by atoms with van der Waals surface area (Å²) < 4.78 is 0. The zero-order valence-corrected chi connectivity index (χ0v) is 18.4. The molecule has 0 heterocycles. The molecule has 2 atom stereocenters. The van der Waals surface area contributed by atoms with Gasteiger partial charge in [-0.2, -0.15) is 0 Å². The lowest BCUT2D eigenvalue weighted by Gasteiger charge is -2.19. The van der Waals surface area contributed by atoms with E-state index in [0.717, 1.165) is 11.8 Å². The van der Waals surface area contributed by atoms with Crippen LogP contribution in [-0.2, 0) is 0 Å². The second-order valence-electron chi connectivity index (χ2n) is 8.98. The summed E-state index contributed by atoms with van der Waals surface area (Å²) in [6.45, 7) is 20.2. The lowest BCUT2D eigenvalue weighted by Crippen LogP contribution is -2.04. The zero-order chi connectivity index (χ0) is 19.2. The standard InChI is InChI=1S/C25H46/c1-9-22(6)16-18-25(24(8)15-11-13-21(4)5)19-17-23(7)14-10-12-20(2)3/h9,15,17,20-22,25H,1,10-14,16,18-19H2,2-8H3. The molecule has 0 amide bonds. The molecule has 0 aromatic heterocycles. The Bertz CT molecular complexity index is 394. The first kappa shape index (κ1) is 24.2. The van der Waals surface area contributed by atoms with Crippen LogP contribution in [0.2, 0.25) is 0 Å². The van der Waals surface area contributed by atoms with Crippen LogP contribution in [0.25, 0.3) is 0 Å². The molecule has 0 nitrogen and oxygen atoms in total. The summed E-state index contributed by atoms with van der Waals surface area (Å²) in [5.74, 6) is 2.95. The van der Waals surface area contributed by atoms with Crippen LogP contribution >= 0.6 is 0 Å². The number of hydrogen-bond acceptors (Lipinski definition) is 0. The number of hydrogen-bond donors (Lipinski definition) is 0. The Morgan fingerprint density at radius 1 is 0.840 bits per heavy atom. The van der Waals surface area contributed by atoms with Crippen molar-refractivity contribution in [1.82, 2.24) is 0 Å². The van der Waals surface area contributed by atoms with E-state index in [9.17, 15) is 0 Å². The largest absolute Gasteiger partial charge is 0.103 e. The molecule has 0 rings (SSSR count). The Kier molecular flexibility index (Phi) is 13.9. The molecule has 2 unspecified atom stereocenters. The van der Waals surface area contributed by atoms with E-state index in [2.05, 4.69) is 73.3 Å². The fraction of sp³-hybridized carbons (Fsp3) is 0.760. The number of allylic oxidation sites excluding steroid dienone is 5. The highest BCUT2D eigenvalue weighted by atomic mass is 14.2. The van der Waals surface area contributed by atoms with Gasteiger partial charge in [-0.1, -0.05) is 70.4 Å². The van der Waals surface area contributed by atoms with Gasteiger partial charge in [0, 0.05) is 0 Å². The zero-order valence-electron chi connectivity index (χ0n) is 18.4. The average Bonchev–Trinajstić information content (AvgIpc) is 2.53. The van der Waals surface area contributed by atoms with Crippen LogP contribution in [0.15, 0.2) is 36.0 Å². The lowest BCUT2D eigenvalue weighted by molar-refractivity contribution is 0.488. The molecule has 0 heteroatoms. The molecule has 0 aromatic carbocycles. The van der Waals surface area contributed by atoms with Gasteiger partial charge in [0.1, 0.15) is 0 Å². The highest BCUT2D eigenvalue weighted by Gasteiger charge is 2.11. The highest BCUT2D eigenvalue weighted by molar-refractivity contribution is 5.08. The second-order valence-corrected chi connectivity index (χ2v) is 8.98. The van der Waals surface area contributed by atoms with Gasteiger partial charge in [0.2, 0.25) is 0 Å². The van der Waals surface area contributed by atoms with Gasteiger partial charge in [0.05, 0.1) is 0 Å². The molecule has 25 heavy (non-hydrogen) atoms.